The summed E-state index contributed by atoms with van der Waals surface area (Å²) in [6.07, 6.45) is 0. The van der Waals surface area contributed by atoms with Crippen molar-refractivity contribution in [3.8, 4) is 0 Å². The average Bonchev–Trinajstić information content (AvgIpc) is 2.07. The van der Waals surface area contributed by atoms with Crippen molar-refractivity contribution < 1.29 is 0 Å². The van der Waals surface area contributed by atoms with Crippen LogP contribution in [0.4, 0.5) is 0 Å². The van der Waals surface area contributed by atoms with Crippen LogP contribution in [0.1, 0.15) is 34.6 Å². The van der Waals surface area contributed by atoms with E-state index in [2.05, 4.69) is 34.6 Å². The van der Waals surface area contributed by atoms with E-state index in [4.69, 9.17) is 0 Å². The molecule has 0 aliphatic heterocycles. The van der Waals surface area contributed by atoms with Gasteiger partial charge in [-0.15, -0.1) is 0 Å². The summed E-state index contributed by atoms with van der Waals surface area (Å²) in [4.78, 5) is 0. The summed E-state index contributed by atoms with van der Waals surface area (Å²) in [5, 5.41) is 0. The van der Waals surface area contributed by atoms with Crippen LogP contribution in [0, 0.1) is 5.92 Å². The van der Waals surface area contributed by atoms with E-state index in [0.717, 1.165) is 0 Å². The van der Waals surface area contributed by atoms with Gasteiger partial charge in [-0.1, -0.05) is 18.1 Å². The monoisotopic (exact) mass is 214 g/mol. The Hall–Kier alpha value is 0.0229. The van der Waals surface area contributed by atoms with Crippen molar-refractivity contribution in [2.75, 3.05) is 0 Å². The standard InChI is InChI=1S/C10H16.GeH4/c1-6-7(2)9(4)10(5)8(6)3;/h6H,1-5H3;1H4. The summed E-state index contributed by atoms with van der Waals surface area (Å²) in [5.74, 6) is 0.694. The number of hydrogen-bond acceptors (Lipinski definition) is 0. The Labute approximate surface area is 80.7 Å². The molecule has 0 bridgehead atoms. The minimum absolute atomic E-state index is 0. The van der Waals surface area contributed by atoms with E-state index >= 15 is 0 Å². The van der Waals surface area contributed by atoms with Crippen LogP contribution in [0.2, 0.25) is 0 Å². The topological polar surface area (TPSA) is 0 Å². The number of hydrogen-bond donors (Lipinski definition) is 0. The summed E-state index contributed by atoms with van der Waals surface area (Å²) in [6, 6.07) is 0. The van der Waals surface area contributed by atoms with Crippen LogP contribution in [0.5, 0.6) is 0 Å². The molecule has 0 heterocycles. The van der Waals surface area contributed by atoms with E-state index in [1.54, 1.807) is 11.1 Å². The molecule has 0 aromatic heterocycles. The van der Waals surface area contributed by atoms with Crippen molar-refractivity contribution in [2.24, 2.45) is 5.92 Å². The molecule has 1 aliphatic rings. The van der Waals surface area contributed by atoms with Gasteiger partial charge in [0.05, 0.1) is 0 Å². The average molecular weight is 213 g/mol. The van der Waals surface area contributed by atoms with Gasteiger partial charge in [0.25, 0.3) is 0 Å². The molecule has 1 heteroatoms. The Bertz CT molecular complexity index is 197. The van der Waals surface area contributed by atoms with Gasteiger partial charge >= 0.3 is 17.6 Å². The second-order valence-electron chi connectivity index (χ2n) is 3.34. The molecule has 0 N–H and O–H groups in total. The fraction of sp³-hybridized carbons (Fsp3) is 0.600. The zero-order valence-corrected chi connectivity index (χ0v) is 7.58. The van der Waals surface area contributed by atoms with Gasteiger partial charge < -0.3 is 0 Å². The Morgan fingerprint density at radius 2 is 1.09 bits per heavy atom. The van der Waals surface area contributed by atoms with E-state index in [1.165, 1.54) is 11.1 Å². The molecule has 0 spiro atoms. The molecule has 11 heavy (non-hydrogen) atoms. The van der Waals surface area contributed by atoms with Gasteiger partial charge in [-0.25, -0.2) is 0 Å². The van der Waals surface area contributed by atoms with Crippen molar-refractivity contribution in [1.82, 2.24) is 0 Å². The van der Waals surface area contributed by atoms with Gasteiger partial charge in [-0.3, -0.25) is 0 Å². The third-order valence-electron chi connectivity index (χ3n) is 3.04. The van der Waals surface area contributed by atoms with Crippen LogP contribution in [-0.2, 0) is 0 Å². The molecular formula is C10H20Ge. The summed E-state index contributed by atoms with van der Waals surface area (Å²) in [6.45, 7) is 11.2. The fourth-order valence-electron chi connectivity index (χ4n) is 1.57. The molecule has 0 nitrogen and oxygen atoms in total. The number of allylic oxidation sites excluding steroid dienone is 4. The van der Waals surface area contributed by atoms with E-state index < -0.39 is 0 Å². The first-order chi connectivity index (χ1) is 4.55. The van der Waals surface area contributed by atoms with Crippen molar-refractivity contribution in [3.05, 3.63) is 22.3 Å². The second kappa shape index (κ2) is 3.62. The summed E-state index contributed by atoms with van der Waals surface area (Å²) >= 11 is 0. The molecule has 0 aromatic carbocycles. The van der Waals surface area contributed by atoms with Gasteiger partial charge in [0.1, 0.15) is 0 Å². The normalized spacial score (nSPS) is 19.4. The van der Waals surface area contributed by atoms with E-state index in [0.29, 0.717) is 5.92 Å². The van der Waals surface area contributed by atoms with Crippen LogP contribution < -0.4 is 0 Å². The molecule has 1 aliphatic carbocycles. The van der Waals surface area contributed by atoms with Gasteiger partial charge in [-0.2, -0.15) is 0 Å². The van der Waals surface area contributed by atoms with Crippen LogP contribution >= 0.6 is 0 Å². The third-order valence-corrected chi connectivity index (χ3v) is 3.04. The quantitative estimate of drug-likeness (QED) is 0.538. The van der Waals surface area contributed by atoms with E-state index in [-0.39, 0.29) is 17.6 Å². The van der Waals surface area contributed by atoms with Crippen molar-refractivity contribution in [3.63, 3.8) is 0 Å². The molecule has 0 aromatic rings. The van der Waals surface area contributed by atoms with Gasteiger partial charge in [0.2, 0.25) is 0 Å². The minimum atomic E-state index is 0. The molecule has 64 valence electrons. The van der Waals surface area contributed by atoms with E-state index in [1.807, 2.05) is 0 Å². The van der Waals surface area contributed by atoms with Crippen molar-refractivity contribution in [2.45, 2.75) is 34.6 Å². The maximum atomic E-state index is 2.28. The molecule has 0 amide bonds. The summed E-state index contributed by atoms with van der Waals surface area (Å²) in [5.41, 5.74) is 6.11. The molecule has 0 atom stereocenters. The molecular weight excluding hydrogens is 193 g/mol. The van der Waals surface area contributed by atoms with Crippen LogP contribution in [0.15, 0.2) is 22.3 Å². The van der Waals surface area contributed by atoms with Crippen molar-refractivity contribution in [1.29, 1.82) is 0 Å². The Morgan fingerprint density at radius 3 is 1.18 bits per heavy atom. The Kier molecular flexibility index (Phi) is 3.62. The SMILES string of the molecule is CC1=C(C)C(C)C(C)=C1C.[GeH4]. The molecule has 0 radical (unpaired) electrons. The van der Waals surface area contributed by atoms with Crippen LogP contribution in [0.3, 0.4) is 0 Å². The zero-order valence-electron chi connectivity index (χ0n) is 7.58. The van der Waals surface area contributed by atoms with Crippen LogP contribution in [0.25, 0.3) is 0 Å². The molecule has 0 fully saturated rings. The summed E-state index contributed by atoms with van der Waals surface area (Å²) < 4.78 is 0. The predicted octanol–water partition coefficient (Wildman–Crippen LogP) is 1.86. The van der Waals surface area contributed by atoms with Crippen LogP contribution in [-0.4, -0.2) is 17.6 Å². The molecule has 1 rings (SSSR count). The zero-order chi connectivity index (χ0) is 7.89. The molecule has 0 saturated carbocycles. The van der Waals surface area contributed by atoms with Gasteiger partial charge in [0, 0.05) is 0 Å². The molecule has 0 unspecified atom stereocenters. The van der Waals surface area contributed by atoms with E-state index in [9.17, 15) is 0 Å². The predicted molar refractivity (Wildman–Crippen MR) is 57.2 cm³/mol. The van der Waals surface area contributed by atoms with Gasteiger partial charge in [-0.05, 0) is 44.8 Å². The van der Waals surface area contributed by atoms with Crippen molar-refractivity contribution >= 4 is 17.6 Å². The first-order valence-corrected chi connectivity index (χ1v) is 3.90. The summed E-state index contributed by atoms with van der Waals surface area (Å²) in [7, 11) is 0. The Morgan fingerprint density at radius 1 is 0.818 bits per heavy atom. The maximum absolute atomic E-state index is 2.28. The third kappa shape index (κ3) is 1.61. The van der Waals surface area contributed by atoms with Gasteiger partial charge in [0.15, 0.2) is 0 Å². The molecule has 0 saturated heterocycles. The first-order valence-electron chi connectivity index (χ1n) is 3.90. The first kappa shape index (κ1) is 11.0. The fourth-order valence-corrected chi connectivity index (χ4v) is 1.57. The number of rotatable bonds is 0. The second-order valence-corrected chi connectivity index (χ2v) is 3.34. The Balaban J connectivity index is 0.000001000.